The molecule has 2 aromatic carbocycles. The number of ether oxygens (including phenoxy) is 1. The zero-order chi connectivity index (χ0) is 17.4. The molecule has 0 saturated carbocycles. The summed E-state index contributed by atoms with van der Waals surface area (Å²) in [5, 5.41) is 13.0. The first-order valence-corrected chi connectivity index (χ1v) is 7.91. The van der Waals surface area contributed by atoms with Gasteiger partial charge in [0.25, 0.3) is 5.91 Å². The minimum Gasteiger partial charge on any atom is -0.388 e. The number of aliphatic hydroxyl groups excluding tert-OH is 1. The van der Waals surface area contributed by atoms with E-state index in [1.165, 1.54) is 7.11 Å². The highest BCUT2D eigenvalue weighted by atomic mass is 16.5. The second-order valence-corrected chi connectivity index (χ2v) is 5.61. The Balaban J connectivity index is 1.93. The van der Waals surface area contributed by atoms with E-state index in [9.17, 15) is 9.90 Å². The summed E-state index contributed by atoms with van der Waals surface area (Å²) in [6, 6.07) is 18.8. The number of amides is 1. The van der Waals surface area contributed by atoms with Gasteiger partial charge in [0, 0.05) is 19.2 Å². The molecule has 0 radical (unpaired) electrons. The van der Waals surface area contributed by atoms with Crippen molar-refractivity contribution in [1.82, 2.24) is 5.32 Å². The average Bonchev–Trinajstić information content (AvgIpc) is 2.63. The van der Waals surface area contributed by atoms with Gasteiger partial charge in [0.1, 0.15) is 0 Å². The Bertz CT molecular complexity index is 655. The van der Waals surface area contributed by atoms with Crippen molar-refractivity contribution < 1.29 is 14.6 Å². The predicted molar refractivity (Wildman–Crippen MR) is 94.0 cm³/mol. The monoisotopic (exact) mass is 325 g/mol. The summed E-state index contributed by atoms with van der Waals surface area (Å²) >= 11 is 0. The number of rotatable bonds is 7. The fraction of sp³-hybridized carbons (Fsp3) is 0.250. The molecule has 4 nitrogen and oxygen atoms in total. The summed E-state index contributed by atoms with van der Waals surface area (Å²) in [6.45, 7) is 1.89. The molecule has 2 rings (SSSR count). The molecular weight excluding hydrogens is 302 g/mol. The molecule has 0 aromatic heterocycles. The molecule has 24 heavy (non-hydrogen) atoms. The van der Waals surface area contributed by atoms with Crippen LogP contribution in [0.15, 0.2) is 72.9 Å². The van der Waals surface area contributed by atoms with Crippen LogP contribution in [0.2, 0.25) is 0 Å². The normalized spacial score (nSPS) is 15.0. The maximum Gasteiger partial charge on any atom is 0.257 e. The molecule has 3 atom stereocenters. The van der Waals surface area contributed by atoms with Gasteiger partial charge >= 0.3 is 0 Å². The van der Waals surface area contributed by atoms with Crippen molar-refractivity contribution in [2.24, 2.45) is 5.92 Å². The zero-order valence-corrected chi connectivity index (χ0v) is 13.9. The molecule has 0 aliphatic heterocycles. The molecule has 4 heteroatoms. The highest BCUT2D eigenvalue weighted by molar-refractivity contribution is 5.83. The van der Waals surface area contributed by atoms with Gasteiger partial charge in [-0.3, -0.25) is 4.79 Å². The topological polar surface area (TPSA) is 58.6 Å². The Labute approximate surface area is 142 Å². The lowest BCUT2D eigenvalue weighted by atomic mass is 9.97. The van der Waals surface area contributed by atoms with Crippen molar-refractivity contribution >= 4 is 5.91 Å². The number of methoxy groups -OCH3 is 1. The van der Waals surface area contributed by atoms with Gasteiger partial charge in [-0.15, -0.1) is 0 Å². The Morgan fingerprint density at radius 2 is 1.58 bits per heavy atom. The van der Waals surface area contributed by atoms with Crippen molar-refractivity contribution in [3.8, 4) is 0 Å². The van der Waals surface area contributed by atoms with E-state index in [2.05, 4.69) is 5.32 Å². The maximum absolute atomic E-state index is 12.2. The van der Waals surface area contributed by atoms with Crippen LogP contribution in [0.1, 0.15) is 30.3 Å². The number of hydrogen-bond donors (Lipinski definition) is 2. The highest BCUT2D eigenvalue weighted by Crippen LogP contribution is 2.22. The second kappa shape index (κ2) is 9.01. The quantitative estimate of drug-likeness (QED) is 0.820. The van der Waals surface area contributed by atoms with E-state index in [-0.39, 0.29) is 11.8 Å². The summed E-state index contributed by atoms with van der Waals surface area (Å²) < 4.78 is 5.28. The van der Waals surface area contributed by atoms with Crippen LogP contribution < -0.4 is 5.32 Å². The van der Waals surface area contributed by atoms with Gasteiger partial charge in [-0.1, -0.05) is 73.7 Å². The third kappa shape index (κ3) is 4.78. The van der Waals surface area contributed by atoms with Crippen LogP contribution >= 0.6 is 0 Å². The number of benzene rings is 2. The number of hydrogen-bond acceptors (Lipinski definition) is 3. The average molecular weight is 325 g/mol. The van der Waals surface area contributed by atoms with E-state index in [0.717, 1.165) is 11.1 Å². The van der Waals surface area contributed by atoms with Gasteiger partial charge in [-0.25, -0.2) is 0 Å². The van der Waals surface area contributed by atoms with Gasteiger partial charge in [0.05, 0.1) is 6.10 Å². The van der Waals surface area contributed by atoms with Crippen molar-refractivity contribution in [3.63, 3.8) is 0 Å². The third-order valence-corrected chi connectivity index (χ3v) is 3.84. The van der Waals surface area contributed by atoms with E-state index in [1.807, 2.05) is 67.6 Å². The Morgan fingerprint density at radius 3 is 2.12 bits per heavy atom. The highest BCUT2D eigenvalue weighted by Gasteiger charge is 2.19. The van der Waals surface area contributed by atoms with Crippen LogP contribution in [0.4, 0.5) is 0 Å². The first kappa shape index (κ1) is 17.9. The number of aliphatic hydroxyl groups is 1. The van der Waals surface area contributed by atoms with Crippen LogP contribution in [0.5, 0.6) is 0 Å². The summed E-state index contributed by atoms with van der Waals surface area (Å²) in [7, 11) is 1.50. The lowest BCUT2D eigenvalue weighted by Gasteiger charge is -2.16. The van der Waals surface area contributed by atoms with Gasteiger partial charge in [0.15, 0.2) is 6.10 Å². The van der Waals surface area contributed by atoms with Crippen LogP contribution in [-0.2, 0) is 9.53 Å². The number of carbonyl (C=O) groups excluding carboxylic acids is 1. The lowest BCUT2D eigenvalue weighted by Crippen LogP contribution is -2.26. The van der Waals surface area contributed by atoms with Crippen LogP contribution in [0.3, 0.4) is 0 Å². The van der Waals surface area contributed by atoms with Gasteiger partial charge in [-0.05, 0) is 11.1 Å². The molecule has 0 aliphatic rings. The van der Waals surface area contributed by atoms with Crippen LogP contribution in [0.25, 0.3) is 0 Å². The molecule has 2 aromatic rings. The minimum absolute atomic E-state index is 0.134. The van der Waals surface area contributed by atoms with Gasteiger partial charge in [-0.2, -0.15) is 0 Å². The summed E-state index contributed by atoms with van der Waals surface area (Å²) in [6.07, 6.45) is 2.05. The van der Waals surface area contributed by atoms with E-state index in [1.54, 1.807) is 12.3 Å². The van der Waals surface area contributed by atoms with Gasteiger partial charge < -0.3 is 15.2 Å². The lowest BCUT2D eigenvalue weighted by molar-refractivity contribution is -0.130. The SMILES string of the molecule is CO[C@@H](C(=O)N/C=C\[C@H](C)[C@H](O)c1ccccc1)c1ccccc1. The van der Waals surface area contributed by atoms with Crippen molar-refractivity contribution in [2.45, 2.75) is 19.1 Å². The smallest absolute Gasteiger partial charge is 0.257 e. The number of carbonyl (C=O) groups is 1. The largest absolute Gasteiger partial charge is 0.388 e. The molecule has 0 aliphatic carbocycles. The van der Waals surface area contributed by atoms with E-state index < -0.39 is 12.2 Å². The molecule has 126 valence electrons. The van der Waals surface area contributed by atoms with Crippen LogP contribution in [-0.4, -0.2) is 18.1 Å². The molecular formula is C20H23NO3. The molecule has 0 saturated heterocycles. The number of nitrogens with one attached hydrogen (secondary N) is 1. The minimum atomic E-state index is -0.662. The summed E-state index contributed by atoms with van der Waals surface area (Å²) in [5.74, 6) is -0.383. The molecule has 0 bridgehead atoms. The molecule has 0 spiro atoms. The molecule has 0 heterocycles. The van der Waals surface area contributed by atoms with E-state index in [0.29, 0.717) is 0 Å². The predicted octanol–water partition coefficient (Wildman–Crippen LogP) is 3.37. The molecule has 0 fully saturated rings. The first-order chi connectivity index (χ1) is 11.6. The molecule has 2 N–H and O–H groups in total. The van der Waals surface area contributed by atoms with Crippen molar-refractivity contribution in [3.05, 3.63) is 84.1 Å². The fourth-order valence-electron chi connectivity index (χ4n) is 2.44. The zero-order valence-electron chi connectivity index (χ0n) is 13.9. The van der Waals surface area contributed by atoms with E-state index >= 15 is 0 Å². The summed E-state index contributed by atoms with van der Waals surface area (Å²) in [4.78, 5) is 12.2. The van der Waals surface area contributed by atoms with Crippen molar-refractivity contribution in [1.29, 1.82) is 0 Å². The molecule has 0 unspecified atom stereocenters. The Kier molecular flexibility index (Phi) is 6.73. The standard InChI is InChI=1S/C20H23NO3/c1-15(18(22)16-9-5-3-6-10-16)13-14-21-20(23)19(24-2)17-11-7-4-8-12-17/h3-15,18-19,22H,1-2H3,(H,21,23)/b14-13-/t15-,18-,19+/m0/s1. The van der Waals surface area contributed by atoms with Crippen molar-refractivity contribution in [2.75, 3.05) is 7.11 Å². The fourth-order valence-corrected chi connectivity index (χ4v) is 2.44. The third-order valence-electron chi connectivity index (χ3n) is 3.84. The van der Waals surface area contributed by atoms with Gasteiger partial charge in [0.2, 0.25) is 0 Å². The second-order valence-electron chi connectivity index (χ2n) is 5.61. The Hall–Kier alpha value is -2.43. The van der Waals surface area contributed by atoms with Crippen LogP contribution in [0, 0.1) is 5.92 Å². The maximum atomic E-state index is 12.2. The summed E-state index contributed by atoms with van der Waals surface area (Å²) in [5.41, 5.74) is 1.64. The first-order valence-electron chi connectivity index (χ1n) is 7.91. The molecule has 1 amide bonds. The van der Waals surface area contributed by atoms with E-state index in [4.69, 9.17) is 4.74 Å². The Morgan fingerprint density at radius 1 is 1.04 bits per heavy atom.